The second-order valence-corrected chi connectivity index (χ2v) is 9.41. The van der Waals surface area contributed by atoms with Crippen LogP contribution in [0.1, 0.15) is 42.9 Å². The molecule has 9 heteroatoms. The quantitative estimate of drug-likeness (QED) is 0.608. The average molecular weight is 464 g/mol. The van der Waals surface area contributed by atoms with Gasteiger partial charge < -0.3 is 20.7 Å². The normalized spacial score (nSPS) is 22.0. The minimum Gasteiger partial charge on any atom is -0.493 e. The van der Waals surface area contributed by atoms with Crippen LogP contribution in [0.5, 0.6) is 5.75 Å². The number of nitrogen functional groups attached to an aromatic ring is 1. The number of urea groups is 1. The number of nitrogens with zero attached hydrogens (tertiary/aromatic N) is 3. The predicted molar refractivity (Wildman–Crippen MR) is 125 cm³/mol. The van der Waals surface area contributed by atoms with Gasteiger partial charge in [0.15, 0.2) is 11.6 Å². The van der Waals surface area contributed by atoms with E-state index < -0.39 is 11.6 Å². The molecule has 1 saturated heterocycles. The lowest BCUT2D eigenvalue weighted by molar-refractivity contribution is -0.141. The number of ether oxygens (including phenoxy) is 1. The Balaban J connectivity index is 1.37. The Morgan fingerprint density at radius 1 is 1.35 bits per heavy atom. The molecule has 5 rings (SSSR count). The summed E-state index contributed by atoms with van der Waals surface area (Å²) in [6.07, 6.45) is 4.94. The van der Waals surface area contributed by atoms with Gasteiger partial charge >= 0.3 is 6.03 Å². The van der Waals surface area contributed by atoms with Gasteiger partial charge in [0.25, 0.3) is 5.91 Å². The number of carbonyl (C=O) groups is 3. The van der Waals surface area contributed by atoms with Crippen molar-refractivity contribution in [3.8, 4) is 5.75 Å². The number of fused-ring (bicyclic) bond motifs is 2. The molecule has 2 heterocycles. The number of nitrogens with two attached hydrogens (primary N) is 1. The fourth-order valence-corrected chi connectivity index (χ4v) is 5.19. The summed E-state index contributed by atoms with van der Waals surface area (Å²) in [4.78, 5) is 46.9. The highest BCUT2D eigenvalue weighted by molar-refractivity contribution is 6.10. The summed E-state index contributed by atoms with van der Waals surface area (Å²) in [5.74, 6) is 0.497. The standard InChI is InChI=1S/C25H29N5O4/c1-15(17-7-8-17)29(13-16-11-20(34-2)22(26)27-12-16)21(31)14-30-23(32)25(28-24(30)33)10-9-18-5-3-4-6-19(18)25/h3-6,11-12,15,17H,7-10,13-14H2,1-2H3,(H2,26,27)(H,28,33)/t15-,25-/m0/s1. The zero-order chi connectivity index (χ0) is 24.0. The molecular weight excluding hydrogens is 434 g/mol. The van der Waals surface area contributed by atoms with Gasteiger partial charge in [0, 0.05) is 18.8 Å². The molecule has 178 valence electrons. The number of hydrogen-bond donors (Lipinski definition) is 2. The first-order chi connectivity index (χ1) is 16.3. The number of carbonyl (C=O) groups excluding carboxylic acids is 3. The molecule has 1 saturated carbocycles. The molecular formula is C25H29N5O4. The maximum atomic E-state index is 13.5. The number of rotatable bonds is 7. The van der Waals surface area contributed by atoms with Crippen LogP contribution in [0.15, 0.2) is 36.5 Å². The lowest BCUT2D eigenvalue weighted by Gasteiger charge is -2.31. The molecule has 1 spiro atoms. The van der Waals surface area contributed by atoms with Crippen LogP contribution < -0.4 is 15.8 Å². The van der Waals surface area contributed by atoms with Crippen molar-refractivity contribution in [1.29, 1.82) is 0 Å². The summed E-state index contributed by atoms with van der Waals surface area (Å²) in [6.45, 7) is 2.00. The minimum absolute atomic E-state index is 0.0296. The zero-order valence-corrected chi connectivity index (χ0v) is 19.4. The van der Waals surface area contributed by atoms with Gasteiger partial charge in [-0.05, 0) is 61.3 Å². The molecule has 34 heavy (non-hydrogen) atoms. The van der Waals surface area contributed by atoms with Crippen LogP contribution in [0.3, 0.4) is 0 Å². The number of imide groups is 1. The second-order valence-electron chi connectivity index (χ2n) is 9.41. The van der Waals surface area contributed by atoms with Gasteiger partial charge in [-0.2, -0.15) is 0 Å². The van der Waals surface area contributed by atoms with E-state index in [1.165, 1.54) is 7.11 Å². The number of aryl methyl sites for hydroxylation is 1. The largest absolute Gasteiger partial charge is 0.493 e. The Labute approximate surface area is 198 Å². The number of amides is 4. The predicted octanol–water partition coefficient (Wildman–Crippen LogP) is 2.19. The summed E-state index contributed by atoms with van der Waals surface area (Å²) in [5, 5.41) is 2.89. The minimum atomic E-state index is -1.07. The van der Waals surface area contributed by atoms with Crippen LogP contribution in [0.2, 0.25) is 0 Å². The first-order valence-electron chi connectivity index (χ1n) is 11.6. The number of benzene rings is 1. The number of hydrogen-bond acceptors (Lipinski definition) is 6. The van der Waals surface area contributed by atoms with Crippen LogP contribution in [0, 0.1) is 5.92 Å². The Bertz CT molecular complexity index is 1160. The maximum Gasteiger partial charge on any atom is 0.325 e. The Morgan fingerprint density at radius 3 is 2.85 bits per heavy atom. The van der Waals surface area contributed by atoms with Crippen molar-refractivity contribution in [2.45, 2.75) is 50.7 Å². The number of methoxy groups -OCH3 is 1. The zero-order valence-electron chi connectivity index (χ0n) is 19.4. The van der Waals surface area contributed by atoms with Gasteiger partial charge in [-0.15, -0.1) is 0 Å². The van der Waals surface area contributed by atoms with Gasteiger partial charge in [-0.1, -0.05) is 24.3 Å². The molecule has 4 amide bonds. The van der Waals surface area contributed by atoms with Crippen LogP contribution in [-0.4, -0.2) is 52.3 Å². The molecule has 0 unspecified atom stereocenters. The third kappa shape index (κ3) is 3.65. The number of pyridine rings is 1. The smallest absolute Gasteiger partial charge is 0.325 e. The van der Waals surface area contributed by atoms with Gasteiger partial charge in [0.1, 0.15) is 12.1 Å². The average Bonchev–Trinajstić information content (AvgIpc) is 3.59. The third-order valence-corrected chi connectivity index (χ3v) is 7.34. The number of aromatic nitrogens is 1. The number of anilines is 1. The molecule has 0 bridgehead atoms. The van der Waals surface area contributed by atoms with Gasteiger partial charge in [0.2, 0.25) is 5.91 Å². The van der Waals surface area contributed by atoms with E-state index in [4.69, 9.17) is 10.5 Å². The van der Waals surface area contributed by atoms with Crippen molar-refractivity contribution in [3.05, 3.63) is 53.2 Å². The van der Waals surface area contributed by atoms with Crippen molar-refractivity contribution in [3.63, 3.8) is 0 Å². The highest BCUT2D eigenvalue weighted by Gasteiger charge is 2.55. The molecule has 0 radical (unpaired) electrons. The Kier molecular flexibility index (Phi) is 5.42. The van der Waals surface area contributed by atoms with E-state index >= 15 is 0 Å². The van der Waals surface area contributed by atoms with Crippen molar-refractivity contribution in [2.24, 2.45) is 5.92 Å². The van der Waals surface area contributed by atoms with Crippen molar-refractivity contribution < 1.29 is 19.1 Å². The lowest BCUT2D eigenvalue weighted by atomic mass is 9.92. The number of nitrogens with one attached hydrogen (secondary N) is 1. The van der Waals surface area contributed by atoms with Gasteiger partial charge in [-0.3, -0.25) is 14.5 Å². The van der Waals surface area contributed by atoms with E-state index in [1.807, 2.05) is 31.2 Å². The van der Waals surface area contributed by atoms with E-state index in [-0.39, 0.29) is 36.8 Å². The molecule has 2 fully saturated rings. The van der Waals surface area contributed by atoms with E-state index in [9.17, 15) is 14.4 Å². The van der Waals surface area contributed by atoms with E-state index in [2.05, 4.69) is 10.3 Å². The van der Waals surface area contributed by atoms with Crippen molar-refractivity contribution >= 4 is 23.7 Å². The molecule has 2 aliphatic carbocycles. The topological polar surface area (TPSA) is 118 Å². The lowest BCUT2D eigenvalue weighted by Crippen LogP contribution is -2.47. The monoisotopic (exact) mass is 463 g/mol. The molecule has 1 aliphatic heterocycles. The van der Waals surface area contributed by atoms with E-state index in [0.717, 1.165) is 34.4 Å². The molecule has 9 nitrogen and oxygen atoms in total. The van der Waals surface area contributed by atoms with Crippen molar-refractivity contribution in [2.75, 3.05) is 19.4 Å². The van der Waals surface area contributed by atoms with E-state index in [1.54, 1.807) is 17.2 Å². The highest BCUT2D eigenvalue weighted by Crippen LogP contribution is 2.41. The molecule has 1 aromatic heterocycles. The van der Waals surface area contributed by atoms with Crippen LogP contribution in [-0.2, 0) is 28.1 Å². The SMILES string of the molecule is COc1cc(CN(C(=O)CN2C(=O)N[C@]3(CCc4ccccc43)C2=O)[C@@H](C)C2CC2)cnc1N. The van der Waals surface area contributed by atoms with Crippen molar-refractivity contribution in [1.82, 2.24) is 20.1 Å². The molecule has 2 atom stereocenters. The fourth-order valence-electron chi connectivity index (χ4n) is 5.19. The van der Waals surface area contributed by atoms with Gasteiger partial charge in [0.05, 0.1) is 7.11 Å². The highest BCUT2D eigenvalue weighted by atomic mass is 16.5. The summed E-state index contributed by atoms with van der Waals surface area (Å²) in [7, 11) is 1.52. The first-order valence-corrected chi connectivity index (χ1v) is 11.6. The molecule has 1 aromatic carbocycles. The fraction of sp³-hybridized carbons (Fsp3) is 0.440. The first kappa shape index (κ1) is 22.2. The molecule has 2 aromatic rings. The maximum absolute atomic E-state index is 13.5. The molecule has 3 aliphatic rings. The second kappa shape index (κ2) is 8.30. The van der Waals surface area contributed by atoms with Crippen LogP contribution in [0.4, 0.5) is 10.6 Å². The summed E-state index contributed by atoms with van der Waals surface area (Å²) >= 11 is 0. The Morgan fingerprint density at radius 2 is 2.12 bits per heavy atom. The van der Waals surface area contributed by atoms with Crippen LogP contribution in [0.25, 0.3) is 0 Å². The summed E-state index contributed by atoms with van der Waals surface area (Å²) in [5.41, 5.74) is 7.41. The van der Waals surface area contributed by atoms with E-state index in [0.29, 0.717) is 24.5 Å². The summed E-state index contributed by atoms with van der Waals surface area (Å²) in [6, 6.07) is 8.87. The molecule has 3 N–H and O–H groups in total. The third-order valence-electron chi connectivity index (χ3n) is 7.34. The van der Waals surface area contributed by atoms with Gasteiger partial charge in [-0.25, -0.2) is 9.78 Å². The Hall–Kier alpha value is -3.62. The summed E-state index contributed by atoms with van der Waals surface area (Å²) < 4.78 is 5.27. The van der Waals surface area contributed by atoms with Crippen LogP contribution >= 0.6 is 0 Å².